The maximum atomic E-state index is 11.8. The monoisotopic (exact) mass is 290 g/mol. The minimum atomic E-state index is -0.139. The number of amides is 1. The lowest BCUT2D eigenvalue weighted by Gasteiger charge is -2.29. The first-order valence-corrected chi connectivity index (χ1v) is 7.76. The summed E-state index contributed by atoms with van der Waals surface area (Å²) >= 11 is 0. The molecule has 0 aromatic carbocycles. The average molecular weight is 290 g/mol. The van der Waals surface area contributed by atoms with Crippen LogP contribution in [0.3, 0.4) is 0 Å². The molecule has 5 heteroatoms. The first-order valence-electron chi connectivity index (χ1n) is 7.76. The van der Waals surface area contributed by atoms with Crippen molar-refractivity contribution in [1.82, 2.24) is 15.6 Å². The smallest absolute Gasteiger partial charge is 0.269 e. The highest BCUT2D eigenvalue weighted by atomic mass is 16.1. The van der Waals surface area contributed by atoms with Gasteiger partial charge in [0.1, 0.15) is 5.69 Å². The summed E-state index contributed by atoms with van der Waals surface area (Å²) in [6, 6.07) is 4.42. The number of nitrogens with zero attached hydrogens (tertiary/aromatic N) is 2. The van der Waals surface area contributed by atoms with Crippen LogP contribution in [-0.4, -0.2) is 43.6 Å². The molecule has 0 saturated carbocycles. The van der Waals surface area contributed by atoms with Crippen LogP contribution in [0.1, 0.15) is 37.2 Å². The molecule has 1 aromatic heterocycles. The molecule has 0 spiro atoms. The molecule has 5 nitrogen and oxygen atoms in total. The fourth-order valence-electron chi connectivity index (χ4n) is 2.77. The summed E-state index contributed by atoms with van der Waals surface area (Å²) in [5, 5.41) is 6.17. The summed E-state index contributed by atoms with van der Waals surface area (Å²) in [4.78, 5) is 18.3. The van der Waals surface area contributed by atoms with Crippen LogP contribution in [0.2, 0.25) is 0 Å². The topological polar surface area (TPSA) is 57.3 Å². The average Bonchev–Trinajstić information content (AvgIpc) is 2.98. The maximum Gasteiger partial charge on any atom is 0.269 e. The Labute approximate surface area is 127 Å². The van der Waals surface area contributed by atoms with Crippen LogP contribution in [0, 0.1) is 5.92 Å². The van der Waals surface area contributed by atoms with Crippen molar-refractivity contribution in [3.8, 4) is 0 Å². The zero-order valence-electron chi connectivity index (χ0n) is 13.2. The third-order valence-corrected chi connectivity index (χ3v) is 3.76. The molecule has 2 heterocycles. The van der Waals surface area contributed by atoms with Gasteiger partial charge in [0.25, 0.3) is 5.91 Å². The molecule has 1 fully saturated rings. The van der Waals surface area contributed by atoms with Crippen LogP contribution in [-0.2, 0) is 0 Å². The number of anilines is 1. The predicted octanol–water partition coefficient (Wildman–Crippen LogP) is 1.66. The van der Waals surface area contributed by atoms with E-state index in [1.165, 1.54) is 12.8 Å². The summed E-state index contributed by atoms with van der Waals surface area (Å²) in [5.41, 5.74) is 1.55. The van der Waals surface area contributed by atoms with Gasteiger partial charge in [0, 0.05) is 38.1 Å². The number of hydrogen-bond acceptors (Lipinski definition) is 4. The molecular formula is C16H26N4O. The van der Waals surface area contributed by atoms with Gasteiger partial charge < -0.3 is 15.5 Å². The zero-order chi connectivity index (χ0) is 15.2. The van der Waals surface area contributed by atoms with Crippen molar-refractivity contribution in [3.05, 3.63) is 24.0 Å². The van der Waals surface area contributed by atoms with Gasteiger partial charge in [0.05, 0.1) is 0 Å². The van der Waals surface area contributed by atoms with E-state index in [2.05, 4.69) is 34.4 Å². The fourth-order valence-corrected chi connectivity index (χ4v) is 2.77. The van der Waals surface area contributed by atoms with E-state index in [0.29, 0.717) is 17.7 Å². The number of carbonyl (C=O) groups is 1. The van der Waals surface area contributed by atoms with Gasteiger partial charge in [0.15, 0.2) is 0 Å². The number of hydrogen-bond donors (Lipinski definition) is 2. The van der Waals surface area contributed by atoms with Gasteiger partial charge in [-0.2, -0.15) is 0 Å². The molecule has 1 aliphatic rings. The predicted molar refractivity (Wildman–Crippen MR) is 85.7 cm³/mol. The number of nitrogens with one attached hydrogen (secondary N) is 2. The second-order valence-corrected chi connectivity index (χ2v) is 6.07. The van der Waals surface area contributed by atoms with Crippen LogP contribution < -0.4 is 15.5 Å². The largest absolute Gasteiger partial charge is 0.370 e. The number of aromatic nitrogens is 1. The van der Waals surface area contributed by atoms with Crippen molar-refractivity contribution in [1.29, 1.82) is 0 Å². The van der Waals surface area contributed by atoms with Gasteiger partial charge >= 0.3 is 0 Å². The Hall–Kier alpha value is -1.62. The van der Waals surface area contributed by atoms with Crippen molar-refractivity contribution in [2.45, 2.75) is 32.7 Å². The van der Waals surface area contributed by atoms with Crippen molar-refractivity contribution in [2.24, 2.45) is 5.92 Å². The Morgan fingerprint density at radius 3 is 3.00 bits per heavy atom. The van der Waals surface area contributed by atoms with Gasteiger partial charge in [-0.3, -0.25) is 9.78 Å². The third-order valence-electron chi connectivity index (χ3n) is 3.76. The normalized spacial score (nSPS) is 18.0. The summed E-state index contributed by atoms with van der Waals surface area (Å²) in [7, 11) is 1.63. The number of pyridine rings is 1. The van der Waals surface area contributed by atoms with Crippen LogP contribution in [0.5, 0.6) is 0 Å². The molecule has 0 radical (unpaired) electrons. The molecule has 1 aliphatic heterocycles. The van der Waals surface area contributed by atoms with Crippen LogP contribution in [0.4, 0.5) is 5.69 Å². The van der Waals surface area contributed by atoms with E-state index in [1.54, 1.807) is 13.2 Å². The number of rotatable bonds is 6. The van der Waals surface area contributed by atoms with Gasteiger partial charge in [0.2, 0.25) is 0 Å². The molecule has 1 unspecified atom stereocenters. The minimum absolute atomic E-state index is 0.139. The summed E-state index contributed by atoms with van der Waals surface area (Å²) < 4.78 is 0. The Morgan fingerprint density at radius 2 is 2.38 bits per heavy atom. The van der Waals surface area contributed by atoms with Crippen molar-refractivity contribution >= 4 is 11.6 Å². The first-order chi connectivity index (χ1) is 10.1. The Balaban J connectivity index is 2.16. The Kier molecular flexibility index (Phi) is 5.56. The molecule has 2 N–H and O–H groups in total. The highest BCUT2D eigenvalue weighted by Gasteiger charge is 2.19. The molecule has 1 aromatic rings. The van der Waals surface area contributed by atoms with Gasteiger partial charge in [-0.1, -0.05) is 13.8 Å². The lowest BCUT2D eigenvalue weighted by molar-refractivity contribution is 0.0958. The van der Waals surface area contributed by atoms with Crippen LogP contribution in [0.25, 0.3) is 0 Å². The lowest BCUT2D eigenvalue weighted by Crippen LogP contribution is -2.39. The van der Waals surface area contributed by atoms with Gasteiger partial charge in [-0.25, -0.2) is 0 Å². The lowest BCUT2D eigenvalue weighted by atomic mass is 10.1. The van der Waals surface area contributed by atoms with E-state index in [-0.39, 0.29) is 5.91 Å². The van der Waals surface area contributed by atoms with Crippen molar-refractivity contribution in [2.75, 3.05) is 31.6 Å². The van der Waals surface area contributed by atoms with E-state index >= 15 is 0 Å². The Morgan fingerprint density at radius 1 is 1.57 bits per heavy atom. The molecular weight excluding hydrogens is 264 g/mol. The van der Waals surface area contributed by atoms with E-state index in [4.69, 9.17) is 0 Å². The Bertz CT molecular complexity index is 469. The fraction of sp³-hybridized carbons (Fsp3) is 0.625. The maximum absolute atomic E-state index is 11.8. The first kappa shape index (κ1) is 15.8. The third kappa shape index (κ3) is 4.43. The molecule has 1 amide bonds. The standard InChI is InChI=1S/C16H26N4O/c1-12(2)10-20(11-13-5-4-7-18-13)14-6-8-19-15(9-14)16(21)17-3/h6,8-9,12-13,18H,4-5,7,10-11H2,1-3H3,(H,17,21). The van der Waals surface area contributed by atoms with Crippen LogP contribution >= 0.6 is 0 Å². The van der Waals surface area contributed by atoms with E-state index in [0.717, 1.165) is 25.3 Å². The molecule has 0 aliphatic carbocycles. The van der Waals surface area contributed by atoms with Gasteiger partial charge in [-0.15, -0.1) is 0 Å². The zero-order valence-corrected chi connectivity index (χ0v) is 13.2. The summed E-state index contributed by atoms with van der Waals surface area (Å²) in [5.74, 6) is 0.434. The number of carbonyl (C=O) groups excluding carboxylic acids is 1. The molecule has 1 atom stereocenters. The molecule has 2 rings (SSSR count). The molecule has 21 heavy (non-hydrogen) atoms. The SMILES string of the molecule is CNC(=O)c1cc(N(CC(C)C)CC2CCCN2)ccn1. The van der Waals surface area contributed by atoms with E-state index in [1.807, 2.05) is 12.1 Å². The highest BCUT2D eigenvalue weighted by Crippen LogP contribution is 2.19. The van der Waals surface area contributed by atoms with E-state index in [9.17, 15) is 4.79 Å². The second kappa shape index (κ2) is 7.41. The highest BCUT2D eigenvalue weighted by molar-refractivity contribution is 5.92. The second-order valence-electron chi connectivity index (χ2n) is 6.07. The van der Waals surface area contributed by atoms with Crippen molar-refractivity contribution in [3.63, 3.8) is 0 Å². The van der Waals surface area contributed by atoms with Crippen molar-refractivity contribution < 1.29 is 4.79 Å². The summed E-state index contributed by atoms with van der Waals surface area (Å²) in [6.45, 7) is 7.51. The summed E-state index contributed by atoms with van der Waals surface area (Å²) in [6.07, 6.45) is 4.19. The van der Waals surface area contributed by atoms with E-state index < -0.39 is 0 Å². The quantitative estimate of drug-likeness (QED) is 0.836. The molecule has 1 saturated heterocycles. The molecule has 0 bridgehead atoms. The van der Waals surface area contributed by atoms with Gasteiger partial charge in [-0.05, 0) is 37.4 Å². The van der Waals surface area contributed by atoms with Crippen LogP contribution in [0.15, 0.2) is 18.3 Å². The molecule has 116 valence electrons. The minimum Gasteiger partial charge on any atom is -0.370 e.